The molecule has 0 saturated carbocycles. The van der Waals surface area contributed by atoms with Crippen molar-refractivity contribution < 1.29 is 0 Å². The minimum absolute atomic E-state index is 0.830. The van der Waals surface area contributed by atoms with Crippen LogP contribution in [0.5, 0.6) is 0 Å². The molecule has 21 heavy (non-hydrogen) atoms. The first-order chi connectivity index (χ1) is 10.4. The Balaban J connectivity index is 1.53. The Morgan fingerprint density at radius 1 is 1.24 bits per heavy atom. The number of fused-ring (bicyclic) bond motifs is 1. The molecule has 0 aliphatic heterocycles. The van der Waals surface area contributed by atoms with Gasteiger partial charge >= 0.3 is 0 Å². The maximum absolute atomic E-state index is 4.23. The molecule has 0 aliphatic carbocycles. The zero-order chi connectivity index (χ0) is 14.5. The van der Waals surface area contributed by atoms with Gasteiger partial charge in [-0.3, -0.25) is 4.40 Å². The molecule has 0 unspecified atom stereocenters. The third-order valence-corrected chi connectivity index (χ3v) is 3.48. The van der Waals surface area contributed by atoms with Crippen LogP contribution in [0, 0.1) is 0 Å². The lowest BCUT2D eigenvalue weighted by Gasteiger charge is -2.07. The number of aromatic nitrogens is 5. The lowest BCUT2D eigenvalue weighted by molar-refractivity contribution is 0.596. The molecular formula is C15H20N6. The molecule has 6 heteroatoms. The molecule has 0 saturated heterocycles. The molecule has 110 valence electrons. The van der Waals surface area contributed by atoms with Crippen LogP contribution in [0.2, 0.25) is 0 Å². The normalized spacial score (nSPS) is 11.3. The van der Waals surface area contributed by atoms with Crippen LogP contribution in [0.3, 0.4) is 0 Å². The van der Waals surface area contributed by atoms with Gasteiger partial charge in [0.15, 0.2) is 5.65 Å². The average molecular weight is 284 g/mol. The van der Waals surface area contributed by atoms with Crippen LogP contribution < -0.4 is 5.32 Å². The summed E-state index contributed by atoms with van der Waals surface area (Å²) in [6.45, 7) is 4.89. The van der Waals surface area contributed by atoms with Crippen LogP contribution in [0.4, 0.5) is 0 Å². The predicted octanol–water partition coefficient (Wildman–Crippen LogP) is 1.67. The number of nitrogens with zero attached hydrogens (tertiary/aromatic N) is 5. The van der Waals surface area contributed by atoms with Crippen molar-refractivity contribution in [2.24, 2.45) is 0 Å². The van der Waals surface area contributed by atoms with Crippen molar-refractivity contribution in [2.45, 2.75) is 32.9 Å². The molecule has 0 aliphatic rings. The zero-order valence-corrected chi connectivity index (χ0v) is 12.2. The number of hydrogen-bond donors (Lipinski definition) is 1. The maximum Gasteiger partial charge on any atom is 0.160 e. The SMILES string of the molecule is CCCn1cncc1CNCCc1nnc2ccccn12. The Labute approximate surface area is 123 Å². The summed E-state index contributed by atoms with van der Waals surface area (Å²) < 4.78 is 4.22. The van der Waals surface area contributed by atoms with Gasteiger partial charge < -0.3 is 9.88 Å². The topological polar surface area (TPSA) is 60.0 Å². The van der Waals surface area contributed by atoms with Gasteiger partial charge in [0.2, 0.25) is 0 Å². The molecule has 3 aromatic rings. The first-order valence-corrected chi connectivity index (χ1v) is 7.37. The van der Waals surface area contributed by atoms with E-state index in [1.54, 1.807) is 0 Å². The van der Waals surface area contributed by atoms with Crippen molar-refractivity contribution in [1.82, 2.24) is 29.5 Å². The summed E-state index contributed by atoms with van der Waals surface area (Å²) in [6.07, 6.45) is 7.80. The van der Waals surface area contributed by atoms with E-state index < -0.39 is 0 Å². The van der Waals surface area contributed by atoms with Crippen molar-refractivity contribution in [1.29, 1.82) is 0 Å². The molecule has 0 atom stereocenters. The number of hydrogen-bond acceptors (Lipinski definition) is 4. The van der Waals surface area contributed by atoms with Gasteiger partial charge in [0.25, 0.3) is 0 Å². The minimum Gasteiger partial charge on any atom is -0.333 e. The highest BCUT2D eigenvalue weighted by Gasteiger charge is 2.04. The highest BCUT2D eigenvalue weighted by Crippen LogP contribution is 2.04. The monoisotopic (exact) mass is 284 g/mol. The third kappa shape index (κ3) is 3.11. The van der Waals surface area contributed by atoms with Crippen molar-refractivity contribution >= 4 is 5.65 Å². The van der Waals surface area contributed by atoms with E-state index in [0.717, 1.165) is 43.9 Å². The first kappa shape index (κ1) is 13.8. The second-order valence-corrected chi connectivity index (χ2v) is 5.05. The quantitative estimate of drug-likeness (QED) is 0.670. The molecule has 0 radical (unpaired) electrons. The van der Waals surface area contributed by atoms with E-state index in [0.29, 0.717) is 0 Å². The Bertz CT molecular complexity index is 699. The molecule has 0 spiro atoms. The Morgan fingerprint density at radius 3 is 3.10 bits per heavy atom. The number of nitrogens with one attached hydrogen (secondary N) is 1. The molecule has 0 fully saturated rings. The Morgan fingerprint density at radius 2 is 2.19 bits per heavy atom. The van der Waals surface area contributed by atoms with Gasteiger partial charge in [0, 0.05) is 38.4 Å². The molecule has 0 aromatic carbocycles. The number of aryl methyl sites for hydroxylation is 1. The number of rotatable bonds is 7. The summed E-state index contributed by atoms with van der Waals surface area (Å²) in [5.41, 5.74) is 2.12. The van der Waals surface area contributed by atoms with Gasteiger partial charge in [-0.15, -0.1) is 10.2 Å². The number of pyridine rings is 1. The molecule has 0 bridgehead atoms. The van der Waals surface area contributed by atoms with E-state index in [9.17, 15) is 0 Å². The fraction of sp³-hybridized carbons (Fsp3) is 0.400. The van der Waals surface area contributed by atoms with Crippen molar-refractivity contribution in [3.63, 3.8) is 0 Å². The Hall–Kier alpha value is -2.21. The van der Waals surface area contributed by atoms with Gasteiger partial charge in [-0.05, 0) is 18.6 Å². The van der Waals surface area contributed by atoms with Gasteiger partial charge in [-0.1, -0.05) is 13.0 Å². The number of imidazole rings is 1. The van der Waals surface area contributed by atoms with Crippen molar-refractivity contribution in [3.8, 4) is 0 Å². The predicted molar refractivity (Wildman–Crippen MR) is 80.9 cm³/mol. The molecular weight excluding hydrogens is 264 g/mol. The highest BCUT2D eigenvalue weighted by atomic mass is 15.2. The second-order valence-electron chi connectivity index (χ2n) is 5.05. The fourth-order valence-electron chi connectivity index (χ4n) is 2.42. The highest BCUT2D eigenvalue weighted by molar-refractivity contribution is 5.36. The lowest BCUT2D eigenvalue weighted by Crippen LogP contribution is -2.19. The molecule has 1 N–H and O–H groups in total. The molecule has 6 nitrogen and oxygen atoms in total. The minimum atomic E-state index is 0.830. The Kier molecular flexibility index (Phi) is 4.25. The zero-order valence-electron chi connectivity index (χ0n) is 12.2. The molecule has 3 rings (SSSR count). The van der Waals surface area contributed by atoms with E-state index in [2.05, 4.69) is 32.0 Å². The smallest absolute Gasteiger partial charge is 0.160 e. The summed E-state index contributed by atoms with van der Waals surface area (Å²) in [5, 5.41) is 11.8. The second kappa shape index (κ2) is 6.49. The summed E-state index contributed by atoms with van der Waals surface area (Å²) in [4.78, 5) is 4.21. The van der Waals surface area contributed by atoms with Gasteiger partial charge in [0.05, 0.1) is 12.0 Å². The van der Waals surface area contributed by atoms with Gasteiger partial charge in [-0.2, -0.15) is 0 Å². The van der Waals surface area contributed by atoms with Crippen LogP contribution in [0.25, 0.3) is 5.65 Å². The summed E-state index contributed by atoms with van der Waals surface area (Å²) in [7, 11) is 0. The van der Waals surface area contributed by atoms with E-state index in [-0.39, 0.29) is 0 Å². The fourth-order valence-corrected chi connectivity index (χ4v) is 2.42. The molecule has 3 heterocycles. The van der Waals surface area contributed by atoms with E-state index in [1.807, 2.05) is 41.3 Å². The maximum atomic E-state index is 4.23. The summed E-state index contributed by atoms with van der Waals surface area (Å²) in [5.74, 6) is 0.986. The lowest BCUT2D eigenvalue weighted by atomic mass is 10.3. The average Bonchev–Trinajstić information content (AvgIpc) is 3.11. The third-order valence-electron chi connectivity index (χ3n) is 3.48. The summed E-state index contributed by atoms with van der Waals surface area (Å²) >= 11 is 0. The van der Waals surface area contributed by atoms with E-state index in [1.165, 1.54) is 5.69 Å². The largest absolute Gasteiger partial charge is 0.333 e. The van der Waals surface area contributed by atoms with Crippen LogP contribution in [-0.2, 0) is 19.5 Å². The van der Waals surface area contributed by atoms with E-state index >= 15 is 0 Å². The van der Waals surface area contributed by atoms with Crippen LogP contribution in [0.15, 0.2) is 36.9 Å². The van der Waals surface area contributed by atoms with Crippen LogP contribution >= 0.6 is 0 Å². The van der Waals surface area contributed by atoms with Crippen LogP contribution in [-0.4, -0.2) is 30.7 Å². The molecule has 0 amide bonds. The standard InChI is InChI=1S/C15H20N6/c1-2-8-20-12-17-11-13(20)10-16-7-6-15-19-18-14-5-3-4-9-21(14)15/h3-5,9,11-12,16H,2,6-8,10H2,1H3. The summed E-state index contributed by atoms with van der Waals surface area (Å²) in [6, 6.07) is 5.94. The van der Waals surface area contributed by atoms with Crippen LogP contribution in [0.1, 0.15) is 24.9 Å². The first-order valence-electron chi connectivity index (χ1n) is 7.37. The molecule has 3 aromatic heterocycles. The van der Waals surface area contributed by atoms with Crippen molar-refractivity contribution in [2.75, 3.05) is 6.54 Å². The van der Waals surface area contributed by atoms with Crippen molar-refractivity contribution in [3.05, 3.63) is 48.4 Å². The van der Waals surface area contributed by atoms with Gasteiger partial charge in [0.1, 0.15) is 5.82 Å². The van der Waals surface area contributed by atoms with E-state index in [4.69, 9.17) is 0 Å². The van der Waals surface area contributed by atoms with Gasteiger partial charge in [-0.25, -0.2) is 4.98 Å².